The van der Waals surface area contributed by atoms with Gasteiger partial charge in [0.15, 0.2) is 0 Å². The molecule has 0 heterocycles. The van der Waals surface area contributed by atoms with Crippen LogP contribution in [0.25, 0.3) is 0 Å². The molecule has 0 rings (SSSR count). The minimum Gasteiger partial charge on any atom is -0.307 e. The van der Waals surface area contributed by atoms with E-state index < -0.39 is 91.6 Å². The van der Waals surface area contributed by atoms with Crippen LogP contribution in [0, 0.1) is 42.1 Å². The lowest BCUT2D eigenvalue weighted by atomic mass is 10.3. The summed E-state index contributed by atoms with van der Waals surface area (Å²) < 4.78 is 112. The van der Waals surface area contributed by atoms with Gasteiger partial charge in [0.1, 0.15) is 20.5 Å². The highest BCUT2D eigenvalue weighted by Gasteiger charge is 2.30. The van der Waals surface area contributed by atoms with Crippen LogP contribution < -0.4 is 46.6 Å². The van der Waals surface area contributed by atoms with Crippen molar-refractivity contribution in [2.45, 2.75) is 25.7 Å². The van der Waals surface area contributed by atoms with Gasteiger partial charge in [-0.2, -0.15) is 28.0 Å². The first-order chi connectivity index (χ1) is 13.4. The fourth-order valence-corrected chi connectivity index (χ4v) is 1.93. The number of rotatable bonds is 10. The lowest BCUT2D eigenvalue weighted by Crippen LogP contribution is -2.62. The smallest absolute Gasteiger partial charge is 0.307 e. The van der Waals surface area contributed by atoms with Crippen molar-refractivity contribution >= 4 is 23.9 Å². The van der Waals surface area contributed by atoms with E-state index in [1.165, 1.54) is 0 Å². The summed E-state index contributed by atoms with van der Waals surface area (Å²) in [5, 5.41) is 0. The molecule has 0 N–H and O–H groups in total. The van der Waals surface area contributed by atoms with Gasteiger partial charge < -0.3 is 18.6 Å². The number of hydrogen-bond donors (Lipinski definition) is 0. The third kappa shape index (κ3) is 24.7. The van der Waals surface area contributed by atoms with Gasteiger partial charge in [0, 0.05) is 0 Å². The predicted octanol–water partition coefficient (Wildman–Crippen LogP) is -12.3. The minimum absolute atomic E-state index is 0.595. The summed E-state index contributed by atoms with van der Waals surface area (Å²) in [5.41, 5.74) is 0. The lowest BCUT2D eigenvalue weighted by Gasteiger charge is -2.11. The monoisotopic (exact) mass is 532 g/mol. The zero-order chi connectivity index (χ0) is 24.1. The van der Waals surface area contributed by atoms with Crippen LogP contribution >= 0.6 is 0 Å². The molecule has 0 fully saturated rings. The van der Waals surface area contributed by atoms with Gasteiger partial charge in [-0.1, -0.05) is 8.58 Å². The van der Waals surface area contributed by atoms with Crippen molar-refractivity contribution in [3.05, 3.63) is 0 Å². The van der Waals surface area contributed by atoms with Crippen LogP contribution in [-0.2, 0) is 36.3 Å². The Kier molecular flexibility index (Phi) is 15.0. The van der Waals surface area contributed by atoms with E-state index in [4.69, 9.17) is 0 Å². The second-order valence-corrected chi connectivity index (χ2v) is 6.82. The zero-order valence-electron chi connectivity index (χ0n) is 13.7. The van der Waals surface area contributed by atoms with Gasteiger partial charge in [0.25, 0.3) is 0 Å². The van der Waals surface area contributed by atoms with Gasteiger partial charge in [-0.05, 0) is 8.58 Å². The number of halogens is 4. The molecule has 0 atom stereocenters. The average Bonchev–Trinajstić information content (AvgIpc) is 2.47. The Labute approximate surface area is 175 Å². The molecule has 0 spiro atoms. The second-order valence-electron chi connectivity index (χ2n) is 3.93. The molecule has 0 saturated carbocycles. The first-order valence-electron chi connectivity index (χ1n) is 6.21. The first-order valence-corrected chi connectivity index (χ1v) is 10.5. The van der Waals surface area contributed by atoms with Crippen molar-refractivity contribution in [3.63, 3.8) is 0 Å². The van der Waals surface area contributed by atoms with E-state index in [1.54, 1.807) is 0 Å². The number of carbonyl (C=O) groups is 4. The normalized spacial score (nSPS) is 11.3. The van der Waals surface area contributed by atoms with Crippen LogP contribution in [-0.4, -0.2) is 23.9 Å². The Balaban J connectivity index is 0. The molecular formula is C8H8Cl4O18. The van der Waals surface area contributed by atoms with E-state index in [0.717, 1.165) is 0 Å². The van der Waals surface area contributed by atoms with Gasteiger partial charge in [-0.3, -0.25) is 0 Å². The molecule has 0 aromatic carbocycles. The van der Waals surface area contributed by atoms with E-state index in [-0.39, 0.29) is 0 Å². The number of carbonyl (C=O) groups excluding carboxylic acids is 4. The second kappa shape index (κ2) is 14.6. The summed E-state index contributed by atoms with van der Waals surface area (Å²) in [5.74, 6) is -5.57. The highest BCUT2D eigenvalue weighted by Crippen LogP contribution is 2.01. The maximum atomic E-state index is 10.5. The van der Waals surface area contributed by atoms with E-state index in [0.29, 0.717) is 0 Å². The van der Waals surface area contributed by atoms with Gasteiger partial charge >= 0.3 is 45.4 Å². The molecule has 0 aromatic rings. The van der Waals surface area contributed by atoms with Crippen LogP contribution in [0.4, 0.5) is 0 Å². The van der Waals surface area contributed by atoms with Crippen LogP contribution in [0.3, 0.4) is 0 Å². The summed E-state index contributed by atoms with van der Waals surface area (Å²) >= 11 is 0. The molecule has 176 valence electrons. The summed E-state index contributed by atoms with van der Waals surface area (Å²) in [6.07, 6.45) is -3.05. The van der Waals surface area contributed by atoms with Gasteiger partial charge in [0.05, 0.1) is 25.7 Å². The molecule has 0 aliphatic heterocycles. The summed E-state index contributed by atoms with van der Waals surface area (Å²) in [7, 11) is -15.3. The molecule has 0 aliphatic rings. The van der Waals surface area contributed by atoms with Crippen molar-refractivity contribution in [1.82, 2.24) is 0 Å². The van der Waals surface area contributed by atoms with E-state index in [9.17, 15) is 65.8 Å². The highest BCUT2D eigenvalue weighted by molar-refractivity contribution is 5.77. The standard InChI is InChI=1S/C4H4Cl2O10.C4H4Cl2O8/c7-3(15-5(9,10)11)1-2-4(8)16-6(12,13)14;7-3(13-5(9)10)1-2-4(8)14-6(11)12/h1-2H2;1-2H2. The molecule has 30 heavy (non-hydrogen) atoms. The maximum absolute atomic E-state index is 10.5. The van der Waals surface area contributed by atoms with Crippen molar-refractivity contribution in [1.29, 1.82) is 0 Å². The fourth-order valence-electron chi connectivity index (χ4n) is 0.914. The van der Waals surface area contributed by atoms with Gasteiger partial charge in [0.2, 0.25) is 0 Å². The van der Waals surface area contributed by atoms with Crippen molar-refractivity contribution in [2.75, 3.05) is 0 Å². The average molecular weight is 534 g/mol. The lowest BCUT2D eigenvalue weighted by molar-refractivity contribution is -1.92. The Hall–Kier alpha value is -1.36. The maximum Gasteiger partial charge on any atom is 0.463 e. The van der Waals surface area contributed by atoms with Crippen LogP contribution in [0.15, 0.2) is 0 Å². The molecule has 22 heteroatoms. The van der Waals surface area contributed by atoms with Crippen LogP contribution in [0.1, 0.15) is 25.7 Å². The third-order valence-corrected chi connectivity index (χ3v) is 3.04. The van der Waals surface area contributed by atoms with E-state index in [2.05, 4.69) is 17.2 Å². The first kappa shape index (κ1) is 30.8. The van der Waals surface area contributed by atoms with Crippen molar-refractivity contribution < 1.29 is 125 Å². The summed E-state index contributed by atoms with van der Waals surface area (Å²) in [6.45, 7) is 0. The van der Waals surface area contributed by atoms with E-state index in [1.807, 2.05) is 0 Å². The van der Waals surface area contributed by atoms with Crippen molar-refractivity contribution in [2.24, 2.45) is 0 Å². The summed E-state index contributed by atoms with van der Waals surface area (Å²) in [4.78, 5) is 41.9. The fraction of sp³-hybridized carbons (Fsp3) is 0.500. The van der Waals surface area contributed by atoms with Gasteiger partial charge in [-0.15, -0.1) is 0 Å². The Morgan fingerprint density at radius 2 is 0.767 bits per heavy atom. The Bertz CT molecular complexity index is 516. The predicted molar refractivity (Wildman–Crippen MR) is 42.8 cm³/mol. The molecule has 0 aliphatic carbocycles. The molecule has 0 amide bonds. The Morgan fingerprint density at radius 1 is 0.533 bits per heavy atom. The van der Waals surface area contributed by atoms with Gasteiger partial charge in [-0.25, -0.2) is 19.2 Å². The largest absolute Gasteiger partial charge is 0.463 e. The van der Waals surface area contributed by atoms with Crippen molar-refractivity contribution in [3.8, 4) is 0 Å². The number of hydrogen-bond acceptors (Lipinski definition) is 18. The third-order valence-electron chi connectivity index (χ3n) is 1.73. The minimum atomic E-state index is -4.97. The SMILES string of the molecule is O=C(CCC(=O)O[Cl+2]([O-])[O-])O[Cl+2]([O-])[O-].O=C(CCC(=O)O[Cl+3]([O-])([O-])[O-])O[Cl+3]([O-])([O-])[O-]. The van der Waals surface area contributed by atoms with Crippen LogP contribution in [0.2, 0.25) is 0 Å². The molecule has 0 bridgehead atoms. The molecular weight excluding hydrogens is 526 g/mol. The molecule has 0 radical (unpaired) electrons. The molecule has 0 unspecified atom stereocenters. The quantitative estimate of drug-likeness (QED) is 0.251. The van der Waals surface area contributed by atoms with Crippen LogP contribution in [0.5, 0.6) is 0 Å². The van der Waals surface area contributed by atoms with E-state index >= 15 is 0 Å². The summed E-state index contributed by atoms with van der Waals surface area (Å²) in [6, 6.07) is 0. The topological polar surface area (TPSA) is 336 Å². The zero-order valence-corrected chi connectivity index (χ0v) is 16.7. The molecule has 0 saturated heterocycles. The highest BCUT2D eigenvalue weighted by atomic mass is 35.7. The molecule has 18 nitrogen and oxygen atoms in total. The Morgan fingerprint density at radius 3 is 0.967 bits per heavy atom. The molecule has 0 aromatic heterocycles.